The highest BCUT2D eigenvalue weighted by Gasteiger charge is 2.25. The monoisotopic (exact) mass is 417 g/mol. The van der Waals surface area contributed by atoms with Crippen LogP contribution < -0.4 is 5.32 Å². The van der Waals surface area contributed by atoms with Gasteiger partial charge in [-0.05, 0) is 42.7 Å². The topological polar surface area (TPSA) is 54.7 Å². The van der Waals surface area contributed by atoms with Crippen LogP contribution in [0.3, 0.4) is 0 Å². The van der Waals surface area contributed by atoms with Crippen LogP contribution in [0.2, 0.25) is 0 Å². The third-order valence-electron chi connectivity index (χ3n) is 5.50. The van der Waals surface area contributed by atoms with Crippen LogP contribution >= 0.6 is 0 Å². The fourth-order valence-corrected chi connectivity index (χ4v) is 3.85. The molecule has 0 saturated carbocycles. The number of hydrogen-bond acceptors (Lipinski definition) is 3. The van der Waals surface area contributed by atoms with Crippen molar-refractivity contribution in [2.75, 3.05) is 26.2 Å². The highest BCUT2D eigenvalue weighted by Crippen LogP contribution is 2.18. The first kappa shape index (κ1) is 21.1. The average Bonchev–Trinajstić information content (AvgIpc) is 3.50. The van der Waals surface area contributed by atoms with Gasteiger partial charge in [-0.1, -0.05) is 42.5 Å². The first-order chi connectivity index (χ1) is 15.3. The highest BCUT2D eigenvalue weighted by molar-refractivity contribution is 5.80. The Balaban J connectivity index is 1.29. The average molecular weight is 418 g/mol. The lowest BCUT2D eigenvalue weighted by Gasteiger charge is -2.21. The summed E-state index contributed by atoms with van der Waals surface area (Å²) in [5.41, 5.74) is 3.47. The lowest BCUT2D eigenvalue weighted by atomic mass is 10.1. The molecule has 0 spiro atoms. The van der Waals surface area contributed by atoms with Crippen LogP contribution in [0.4, 0.5) is 0 Å². The molecule has 2 aromatic carbocycles. The van der Waals surface area contributed by atoms with E-state index in [9.17, 15) is 0 Å². The number of benzene rings is 2. The van der Waals surface area contributed by atoms with Gasteiger partial charge in [-0.25, -0.2) is 9.67 Å². The summed E-state index contributed by atoms with van der Waals surface area (Å²) in [6.45, 7) is 7.11. The molecule has 4 rings (SSSR count). The standard InChI is InChI=1S/C25H31N5O/c1-2-26-25(27-17-21-9-11-24(12-10-21)30-15-6-14-28-30)29-16-13-23(18-29)20-31-19-22-7-4-3-5-8-22/h3-12,14-15,23H,2,13,16-20H2,1H3,(H,26,27). The highest BCUT2D eigenvalue weighted by atomic mass is 16.5. The van der Waals surface area contributed by atoms with Gasteiger partial charge in [-0.3, -0.25) is 0 Å². The quantitative estimate of drug-likeness (QED) is 0.446. The van der Waals surface area contributed by atoms with Gasteiger partial charge in [0.25, 0.3) is 0 Å². The smallest absolute Gasteiger partial charge is 0.194 e. The second kappa shape index (κ2) is 10.8. The number of hydrogen-bond donors (Lipinski definition) is 1. The molecule has 0 aliphatic carbocycles. The Morgan fingerprint density at radius 3 is 2.68 bits per heavy atom. The number of rotatable bonds is 8. The Morgan fingerprint density at radius 1 is 1.10 bits per heavy atom. The molecule has 1 aliphatic heterocycles. The van der Waals surface area contributed by atoms with Crippen molar-refractivity contribution in [1.82, 2.24) is 20.0 Å². The van der Waals surface area contributed by atoms with E-state index in [4.69, 9.17) is 9.73 Å². The van der Waals surface area contributed by atoms with E-state index in [0.717, 1.165) is 44.3 Å². The summed E-state index contributed by atoms with van der Waals surface area (Å²) in [6, 6.07) is 20.7. The molecular weight excluding hydrogens is 386 g/mol. The predicted molar refractivity (Wildman–Crippen MR) is 124 cm³/mol. The normalized spacial score (nSPS) is 16.6. The van der Waals surface area contributed by atoms with Crippen molar-refractivity contribution in [3.63, 3.8) is 0 Å². The van der Waals surface area contributed by atoms with Gasteiger partial charge in [0.2, 0.25) is 0 Å². The Hall–Kier alpha value is -3.12. The van der Waals surface area contributed by atoms with Crippen molar-refractivity contribution in [2.24, 2.45) is 10.9 Å². The summed E-state index contributed by atoms with van der Waals surface area (Å²) in [4.78, 5) is 7.25. The molecule has 0 bridgehead atoms. The second-order valence-corrected chi connectivity index (χ2v) is 7.89. The van der Waals surface area contributed by atoms with Crippen LogP contribution in [0.15, 0.2) is 78.0 Å². The van der Waals surface area contributed by atoms with E-state index in [0.29, 0.717) is 19.1 Å². The maximum absolute atomic E-state index is 5.97. The number of likely N-dealkylation sites (tertiary alicyclic amines) is 1. The Kier molecular flexibility index (Phi) is 7.34. The van der Waals surface area contributed by atoms with Gasteiger partial charge in [-0.15, -0.1) is 0 Å². The van der Waals surface area contributed by atoms with Crippen LogP contribution in [0.1, 0.15) is 24.5 Å². The number of aliphatic imine (C=N–C) groups is 1. The van der Waals surface area contributed by atoms with E-state index >= 15 is 0 Å². The Morgan fingerprint density at radius 2 is 1.94 bits per heavy atom. The first-order valence-electron chi connectivity index (χ1n) is 11.1. The fraction of sp³-hybridized carbons (Fsp3) is 0.360. The minimum absolute atomic E-state index is 0.543. The fourth-order valence-electron chi connectivity index (χ4n) is 3.85. The molecule has 2 heterocycles. The lowest BCUT2D eigenvalue weighted by molar-refractivity contribution is 0.0906. The van der Waals surface area contributed by atoms with E-state index in [-0.39, 0.29) is 0 Å². The van der Waals surface area contributed by atoms with Gasteiger partial charge in [0.1, 0.15) is 0 Å². The first-order valence-corrected chi connectivity index (χ1v) is 11.1. The molecule has 1 aliphatic rings. The number of guanidine groups is 1. The van der Waals surface area contributed by atoms with Gasteiger partial charge in [0.15, 0.2) is 5.96 Å². The van der Waals surface area contributed by atoms with Crippen LogP contribution in [-0.2, 0) is 17.9 Å². The van der Waals surface area contributed by atoms with Crippen molar-refractivity contribution < 1.29 is 4.74 Å². The molecule has 1 aromatic heterocycles. The maximum Gasteiger partial charge on any atom is 0.194 e. The van der Waals surface area contributed by atoms with E-state index in [2.05, 4.69) is 70.8 Å². The lowest BCUT2D eigenvalue weighted by Crippen LogP contribution is -2.40. The van der Waals surface area contributed by atoms with Gasteiger partial charge in [0.05, 0.1) is 25.4 Å². The molecule has 162 valence electrons. The summed E-state index contributed by atoms with van der Waals surface area (Å²) in [5.74, 6) is 1.53. The Labute approximate surface area is 184 Å². The zero-order chi connectivity index (χ0) is 21.3. The summed E-state index contributed by atoms with van der Waals surface area (Å²) >= 11 is 0. The molecule has 6 nitrogen and oxygen atoms in total. The van der Waals surface area contributed by atoms with E-state index < -0.39 is 0 Å². The van der Waals surface area contributed by atoms with Crippen LogP contribution in [-0.4, -0.2) is 46.9 Å². The van der Waals surface area contributed by atoms with Crippen molar-refractivity contribution in [1.29, 1.82) is 0 Å². The maximum atomic E-state index is 5.97. The number of ether oxygens (including phenoxy) is 1. The molecule has 1 fully saturated rings. The zero-order valence-electron chi connectivity index (χ0n) is 18.2. The molecule has 0 radical (unpaired) electrons. The third-order valence-corrected chi connectivity index (χ3v) is 5.50. The summed E-state index contributed by atoms with van der Waals surface area (Å²) in [5, 5.41) is 7.73. The van der Waals surface area contributed by atoms with Gasteiger partial charge >= 0.3 is 0 Å². The molecule has 6 heteroatoms. The molecule has 31 heavy (non-hydrogen) atoms. The van der Waals surface area contributed by atoms with Crippen molar-refractivity contribution in [2.45, 2.75) is 26.5 Å². The minimum atomic E-state index is 0.543. The number of nitrogens with one attached hydrogen (secondary N) is 1. The van der Waals surface area contributed by atoms with E-state index in [1.807, 2.05) is 23.0 Å². The zero-order valence-corrected chi connectivity index (χ0v) is 18.2. The summed E-state index contributed by atoms with van der Waals surface area (Å²) < 4.78 is 7.83. The summed E-state index contributed by atoms with van der Waals surface area (Å²) in [6.07, 6.45) is 4.87. The minimum Gasteiger partial charge on any atom is -0.376 e. The largest absolute Gasteiger partial charge is 0.376 e. The van der Waals surface area contributed by atoms with Crippen molar-refractivity contribution in [3.8, 4) is 5.69 Å². The second-order valence-electron chi connectivity index (χ2n) is 7.89. The summed E-state index contributed by atoms with van der Waals surface area (Å²) in [7, 11) is 0. The van der Waals surface area contributed by atoms with Gasteiger partial charge in [-0.2, -0.15) is 5.10 Å². The van der Waals surface area contributed by atoms with Crippen molar-refractivity contribution in [3.05, 3.63) is 84.2 Å². The molecule has 3 aromatic rings. The van der Waals surface area contributed by atoms with Gasteiger partial charge < -0.3 is 15.0 Å². The van der Waals surface area contributed by atoms with Crippen molar-refractivity contribution >= 4 is 5.96 Å². The number of aromatic nitrogens is 2. The number of nitrogens with zero attached hydrogens (tertiary/aromatic N) is 4. The van der Waals surface area contributed by atoms with Crippen LogP contribution in [0, 0.1) is 5.92 Å². The molecule has 0 amide bonds. The molecule has 1 unspecified atom stereocenters. The SMILES string of the molecule is CCNC(=NCc1ccc(-n2cccn2)cc1)N1CCC(COCc2ccccc2)C1. The van der Waals surface area contributed by atoms with Crippen LogP contribution in [0.5, 0.6) is 0 Å². The molecular formula is C25H31N5O. The predicted octanol–water partition coefficient (Wildman–Crippen LogP) is 3.88. The Bertz CT molecular complexity index is 938. The molecule has 1 atom stereocenters. The van der Waals surface area contributed by atoms with E-state index in [1.54, 1.807) is 6.20 Å². The molecule has 1 saturated heterocycles. The molecule has 1 N–H and O–H groups in total. The van der Waals surface area contributed by atoms with Crippen LogP contribution in [0.25, 0.3) is 5.69 Å². The third kappa shape index (κ3) is 5.95. The van der Waals surface area contributed by atoms with Gasteiger partial charge in [0, 0.05) is 37.9 Å². The van der Waals surface area contributed by atoms with E-state index in [1.165, 1.54) is 11.1 Å².